The van der Waals surface area contributed by atoms with Gasteiger partial charge in [0, 0.05) is 15.9 Å². The van der Waals surface area contributed by atoms with Gasteiger partial charge in [0.05, 0.1) is 17.1 Å². The topological polar surface area (TPSA) is 46.9 Å². The molecule has 0 aliphatic rings. The highest BCUT2D eigenvalue weighted by Crippen LogP contribution is 2.26. The number of aryl methyl sites for hydroxylation is 2. The van der Waals surface area contributed by atoms with Crippen LogP contribution in [0.25, 0.3) is 5.69 Å². The molecule has 0 aliphatic carbocycles. The van der Waals surface area contributed by atoms with E-state index >= 15 is 0 Å². The third kappa shape index (κ3) is 4.19. The molecule has 0 fully saturated rings. The summed E-state index contributed by atoms with van der Waals surface area (Å²) < 4.78 is 2.97. The summed E-state index contributed by atoms with van der Waals surface area (Å²) in [5, 5.41) is 3.75. The van der Waals surface area contributed by atoms with Crippen LogP contribution in [0.5, 0.6) is 0 Å². The first-order valence-electron chi connectivity index (χ1n) is 8.26. The Labute approximate surface area is 166 Å². The Hall–Kier alpha value is -2.05. The molecular formula is C20H20BrN3OS. The fraction of sp³-hybridized carbons (Fsp3) is 0.200. The van der Waals surface area contributed by atoms with Crippen molar-refractivity contribution in [2.24, 2.45) is 0 Å². The summed E-state index contributed by atoms with van der Waals surface area (Å²) in [6, 6.07) is 15.9. The van der Waals surface area contributed by atoms with Crippen LogP contribution in [-0.2, 0) is 4.79 Å². The number of hydrogen-bond acceptors (Lipinski definition) is 3. The average Bonchev–Trinajstić information content (AvgIpc) is 2.90. The lowest BCUT2D eigenvalue weighted by atomic mass is 10.2. The summed E-state index contributed by atoms with van der Waals surface area (Å²) in [7, 11) is 0. The standard InChI is InChI=1S/C20H20BrN3OS/c1-13-8-10-16(11-9-13)24-15(3)14(2)22-20(24)26-12-19(25)23-18-7-5-4-6-17(18)21/h4-11H,12H2,1-3H3,(H,23,25). The van der Waals surface area contributed by atoms with E-state index in [2.05, 4.69) is 62.0 Å². The summed E-state index contributed by atoms with van der Waals surface area (Å²) >= 11 is 4.88. The van der Waals surface area contributed by atoms with Crippen molar-refractivity contribution in [1.29, 1.82) is 0 Å². The van der Waals surface area contributed by atoms with Crippen molar-refractivity contribution in [2.75, 3.05) is 11.1 Å². The molecule has 1 aromatic heterocycles. The molecule has 134 valence electrons. The number of rotatable bonds is 5. The SMILES string of the molecule is Cc1ccc(-n2c(SCC(=O)Nc3ccccc3Br)nc(C)c2C)cc1. The minimum atomic E-state index is -0.0596. The molecule has 0 saturated heterocycles. The molecule has 2 aromatic carbocycles. The zero-order valence-corrected chi connectivity index (χ0v) is 17.3. The molecule has 3 aromatic rings. The van der Waals surface area contributed by atoms with E-state index in [1.807, 2.05) is 38.1 Å². The minimum Gasteiger partial charge on any atom is -0.324 e. The molecule has 26 heavy (non-hydrogen) atoms. The highest BCUT2D eigenvalue weighted by Gasteiger charge is 2.15. The first-order valence-corrected chi connectivity index (χ1v) is 10.0. The number of carbonyl (C=O) groups is 1. The predicted molar refractivity (Wildman–Crippen MR) is 111 cm³/mol. The van der Waals surface area contributed by atoms with Crippen molar-refractivity contribution < 1.29 is 4.79 Å². The smallest absolute Gasteiger partial charge is 0.234 e. The van der Waals surface area contributed by atoms with Crippen LogP contribution in [0.15, 0.2) is 58.2 Å². The number of nitrogens with one attached hydrogen (secondary N) is 1. The quantitative estimate of drug-likeness (QED) is 0.560. The van der Waals surface area contributed by atoms with Crippen molar-refractivity contribution in [1.82, 2.24) is 9.55 Å². The maximum absolute atomic E-state index is 12.3. The van der Waals surface area contributed by atoms with Gasteiger partial charge >= 0.3 is 0 Å². The number of benzene rings is 2. The highest BCUT2D eigenvalue weighted by molar-refractivity contribution is 9.10. The first kappa shape index (κ1) is 18.7. The van der Waals surface area contributed by atoms with Gasteiger partial charge in [-0.3, -0.25) is 9.36 Å². The average molecular weight is 430 g/mol. The number of nitrogens with zero attached hydrogens (tertiary/aromatic N) is 2. The molecule has 0 unspecified atom stereocenters. The van der Waals surface area contributed by atoms with Gasteiger partial charge < -0.3 is 5.32 Å². The normalized spacial score (nSPS) is 10.8. The second-order valence-electron chi connectivity index (χ2n) is 6.05. The molecule has 1 heterocycles. The molecule has 0 saturated carbocycles. The Morgan fingerprint density at radius 2 is 1.81 bits per heavy atom. The molecule has 0 aliphatic heterocycles. The van der Waals surface area contributed by atoms with Crippen LogP contribution in [0, 0.1) is 20.8 Å². The van der Waals surface area contributed by atoms with Gasteiger partial charge in [-0.05, 0) is 61.0 Å². The first-order chi connectivity index (χ1) is 12.5. The summed E-state index contributed by atoms with van der Waals surface area (Å²) in [5.41, 5.74) is 5.10. The fourth-order valence-corrected chi connectivity index (χ4v) is 3.84. The van der Waals surface area contributed by atoms with Gasteiger partial charge in [-0.1, -0.05) is 41.6 Å². The minimum absolute atomic E-state index is 0.0596. The van der Waals surface area contributed by atoms with Crippen LogP contribution in [0.3, 0.4) is 0 Å². The summed E-state index contributed by atoms with van der Waals surface area (Å²) in [6.07, 6.45) is 0. The van der Waals surface area contributed by atoms with Gasteiger partial charge in [-0.15, -0.1) is 0 Å². The van der Waals surface area contributed by atoms with Crippen LogP contribution in [-0.4, -0.2) is 21.2 Å². The van der Waals surface area contributed by atoms with Crippen LogP contribution in [0.2, 0.25) is 0 Å². The Balaban J connectivity index is 1.76. The van der Waals surface area contributed by atoms with E-state index in [1.54, 1.807) is 0 Å². The monoisotopic (exact) mass is 429 g/mol. The number of thioether (sulfide) groups is 1. The molecule has 1 amide bonds. The molecule has 0 atom stereocenters. The Morgan fingerprint density at radius 3 is 2.50 bits per heavy atom. The van der Waals surface area contributed by atoms with Crippen molar-refractivity contribution >= 4 is 39.3 Å². The lowest BCUT2D eigenvalue weighted by molar-refractivity contribution is -0.113. The third-order valence-corrected chi connectivity index (χ3v) is 5.72. The Bertz CT molecular complexity index is 935. The molecule has 3 rings (SSSR count). The van der Waals surface area contributed by atoms with E-state index in [0.717, 1.165) is 32.4 Å². The van der Waals surface area contributed by atoms with Crippen LogP contribution in [0.1, 0.15) is 17.0 Å². The number of anilines is 1. The number of para-hydroxylation sites is 1. The molecule has 0 bridgehead atoms. The van der Waals surface area contributed by atoms with E-state index < -0.39 is 0 Å². The molecule has 4 nitrogen and oxygen atoms in total. The summed E-state index contributed by atoms with van der Waals surface area (Å²) in [6.45, 7) is 6.11. The number of halogens is 1. The molecule has 0 radical (unpaired) electrons. The zero-order valence-electron chi connectivity index (χ0n) is 14.9. The van der Waals surface area contributed by atoms with E-state index in [0.29, 0.717) is 5.75 Å². The predicted octanol–water partition coefficient (Wildman–Crippen LogP) is 5.29. The number of hydrogen-bond donors (Lipinski definition) is 1. The second-order valence-corrected chi connectivity index (χ2v) is 7.85. The summed E-state index contributed by atoms with van der Waals surface area (Å²) in [5.74, 6) is 0.235. The molecule has 1 N–H and O–H groups in total. The molecular weight excluding hydrogens is 410 g/mol. The van der Waals surface area contributed by atoms with Crippen LogP contribution in [0.4, 0.5) is 5.69 Å². The highest BCUT2D eigenvalue weighted by atomic mass is 79.9. The maximum atomic E-state index is 12.3. The second kappa shape index (κ2) is 8.10. The van der Waals surface area contributed by atoms with Crippen molar-refractivity contribution in [3.05, 3.63) is 70.0 Å². The Kier molecular flexibility index (Phi) is 5.84. The van der Waals surface area contributed by atoms with E-state index in [4.69, 9.17) is 0 Å². The van der Waals surface area contributed by atoms with E-state index in [9.17, 15) is 4.79 Å². The van der Waals surface area contributed by atoms with Crippen LogP contribution >= 0.6 is 27.7 Å². The van der Waals surface area contributed by atoms with Crippen LogP contribution < -0.4 is 5.32 Å². The van der Waals surface area contributed by atoms with Gasteiger partial charge in [0.1, 0.15) is 0 Å². The zero-order chi connectivity index (χ0) is 18.7. The third-order valence-electron chi connectivity index (χ3n) is 4.09. The van der Waals surface area contributed by atoms with Gasteiger partial charge in [-0.25, -0.2) is 4.98 Å². The van der Waals surface area contributed by atoms with Gasteiger partial charge in [0.25, 0.3) is 0 Å². The largest absolute Gasteiger partial charge is 0.324 e. The van der Waals surface area contributed by atoms with Gasteiger partial charge in [0.15, 0.2) is 5.16 Å². The Morgan fingerprint density at radius 1 is 1.12 bits per heavy atom. The number of aromatic nitrogens is 2. The van der Waals surface area contributed by atoms with E-state index in [1.165, 1.54) is 17.3 Å². The van der Waals surface area contributed by atoms with Crippen molar-refractivity contribution in [2.45, 2.75) is 25.9 Å². The van der Waals surface area contributed by atoms with E-state index in [-0.39, 0.29) is 5.91 Å². The number of carbonyl (C=O) groups excluding carboxylic acids is 1. The van der Waals surface area contributed by atoms with Gasteiger partial charge in [0.2, 0.25) is 5.91 Å². The lowest BCUT2D eigenvalue weighted by Crippen LogP contribution is -2.15. The lowest BCUT2D eigenvalue weighted by Gasteiger charge is -2.11. The fourth-order valence-electron chi connectivity index (χ4n) is 2.55. The van der Waals surface area contributed by atoms with Crippen molar-refractivity contribution in [3.8, 4) is 5.69 Å². The van der Waals surface area contributed by atoms with Gasteiger partial charge in [-0.2, -0.15) is 0 Å². The maximum Gasteiger partial charge on any atom is 0.234 e. The number of imidazole rings is 1. The summed E-state index contributed by atoms with van der Waals surface area (Å²) in [4.78, 5) is 17.0. The molecule has 6 heteroatoms. The van der Waals surface area contributed by atoms with Crippen molar-refractivity contribution in [3.63, 3.8) is 0 Å². The number of amides is 1. The molecule has 0 spiro atoms.